The maximum atomic E-state index is 12.9. The molecule has 3 rings (SSSR count). The molecule has 0 heterocycles. The SMILES string of the molecule is CC(=O)Oc1cccc(C(C=O)(c2ccccc2)C(c2ccccc2)C(C)N)c1.CC(C)(C)N. The summed E-state index contributed by atoms with van der Waals surface area (Å²) >= 11 is 0. The number of carbonyl (C=O) groups excluding carboxylic acids is 2. The number of nitrogens with two attached hydrogens (primary N) is 2. The number of hydrogen-bond donors (Lipinski definition) is 2. The summed E-state index contributed by atoms with van der Waals surface area (Å²) in [6.45, 7) is 9.16. The fourth-order valence-electron chi connectivity index (χ4n) is 4.07. The Bertz CT molecular complexity index is 1050. The van der Waals surface area contributed by atoms with Gasteiger partial charge in [0.1, 0.15) is 12.0 Å². The van der Waals surface area contributed by atoms with Crippen molar-refractivity contribution >= 4 is 12.3 Å². The van der Waals surface area contributed by atoms with E-state index >= 15 is 0 Å². The van der Waals surface area contributed by atoms with Gasteiger partial charge in [-0.25, -0.2) is 0 Å². The van der Waals surface area contributed by atoms with Gasteiger partial charge in [0, 0.05) is 24.4 Å². The first-order chi connectivity index (χ1) is 16.0. The number of aldehydes is 1. The molecule has 180 valence electrons. The van der Waals surface area contributed by atoms with Crippen molar-refractivity contribution in [2.45, 2.75) is 57.5 Å². The van der Waals surface area contributed by atoms with Crippen molar-refractivity contribution in [3.05, 3.63) is 102 Å². The summed E-state index contributed by atoms with van der Waals surface area (Å²) in [6.07, 6.45) is 0.968. The molecular weight excluding hydrogens is 424 g/mol. The van der Waals surface area contributed by atoms with E-state index < -0.39 is 11.4 Å². The number of esters is 1. The van der Waals surface area contributed by atoms with Crippen LogP contribution in [0.15, 0.2) is 84.9 Å². The van der Waals surface area contributed by atoms with E-state index in [9.17, 15) is 9.59 Å². The summed E-state index contributed by atoms with van der Waals surface area (Å²) in [4.78, 5) is 24.4. The van der Waals surface area contributed by atoms with E-state index in [4.69, 9.17) is 16.2 Å². The van der Waals surface area contributed by atoms with E-state index in [1.54, 1.807) is 18.2 Å². The van der Waals surface area contributed by atoms with E-state index in [1.807, 2.05) is 94.4 Å². The molecular formula is C29H36N2O3. The molecule has 34 heavy (non-hydrogen) atoms. The minimum absolute atomic E-state index is 0. The van der Waals surface area contributed by atoms with Crippen molar-refractivity contribution in [2.75, 3.05) is 0 Å². The van der Waals surface area contributed by atoms with Gasteiger partial charge in [0.2, 0.25) is 0 Å². The molecule has 0 amide bonds. The van der Waals surface area contributed by atoms with Gasteiger partial charge < -0.3 is 21.0 Å². The van der Waals surface area contributed by atoms with Crippen molar-refractivity contribution in [1.29, 1.82) is 0 Å². The molecule has 0 saturated heterocycles. The summed E-state index contributed by atoms with van der Waals surface area (Å²) in [6, 6.07) is 26.2. The van der Waals surface area contributed by atoms with E-state index in [0.29, 0.717) is 5.75 Å². The number of hydrogen-bond acceptors (Lipinski definition) is 5. The van der Waals surface area contributed by atoms with Crippen LogP contribution in [0.1, 0.15) is 57.2 Å². The average Bonchev–Trinajstić information content (AvgIpc) is 2.77. The smallest absolute Gasteiger partial charge is 0.308 e. The summed E-state index contributed by atoms with van der Waals surface area (Å²) in [7, 11) is 0. The summed E-state index contributed by atoms with van der Waals surface area (Å²) < 4.78 is 5.29. The molecule has 5 nitrogen and oxygen atoms in total. The first kappa shape index (κ1) is 27.0. The molecule has 4 N–H and O–H groups in total. The van der Waals surface area contributed by atoms with E-state index in [1.165, 1.54) is 6.92 Å². The zero-order valence-corrected chi connectivity index (χ0v) is 20.7. The highest BCUT2D eigenvalue weighted by atomic mass is 16.5. The highest BCUT2D eigenvalue weighted by Crippen LogP contribution is 2.45. The largest absolute Gasteiger partial charge is 0.427 e. The molecule has 0 spiro atoms. The van der Waals surface area contributed by atoms with E-state index in [2.05, 4.69) is 0 Å². The molecule has 0 aliphatic rings. The van der Waals surface area contributed by atoms with Gasteiger partial charge in [-0.15, -0.1) is 0 Å². The molecule has 0 radical (unpaired) electrons. The molecule has 3 unspecified atom stereocenters. The first-order valence-electron chi connectivity index (χ1n) is 11.4. The van der Waals surface area contributed by atoms with Crippen molar-refractivity contribution < 1.29 is 14.3 Å². The van der Waals surface area contributed by atoms with Crippen molar-refractivity contribution in [3.63, 3.8) is 0 Å². The predicted octanol–water partition coefficient (Wildman–Crippen LogP) is 4.97. The second-order valence-corrected chi connectivity index (χ2v) is 9.59. The lowest BCUT2D eigenvalue weighted by Crippen LogP contribution is -2.44. The lowest BCUT2D eigenvalue weighted by atomic mass is 9.62. The normalized spacial score (nSPS) is 14.6. The second kappa shape index (κ2) is 11.7. The van der Waals surface area contributed by atoms with E-state index in [0.717, 1.165) is 23.0 Å². The molecule has 5 heteroatoms. The Morgan fingerprint density at radius 3 is 1.85 bits per heavy atom. The predicted molar refractivity (Wildman–Crippen MR) is 138 cm³/mol. The van der Waals surface area contributed by atoms with Gasteiger partial charge in [0.15, 0.2) is 0 Å². The molecule has 3 aromatic rings. The van der Waals surface area contributed by atoms with Crippen molar-refractivity contribution in [2.24, 2.45) is 11.5 Å². The molecule has 0 aliphatic carbocycles. The van der Waals surface area contributed by atoms with Crippen molar-refractivity contribution in [3.8, 4) is 5.75 Å². The second-order valence-electron chi connectivity index (χ2n) is 9.59. The van der Waals surface area contributed by atoms with Gasteiger partial charge in [-0.1, -0.05) is 72.8 Å². The van der Waals surface area contributed by atoms with Crippen LogP contribution in [-0.2, 0) is 15.0 Å². The van der Waals surface area contributed by atoms with Gasteiger partial charge in [0.25, 0.3) is 0 Å². The lowest BCUT2D eigenvalue weighted by molar-refractivity contribution is -0.131. The van der Waals surface area contributed by atoms with Crippen LogP contribution in [-0.4, -0.2) is 23.8 Å². The quantitative estimate of drug-likeness (QED) is 0.295. The maximum absolute atomic E-state index is 12.9. The maximum Gasteiger partial charge on any atom is 0.308 e. The van der Waals surface area contributed by atoms with Crippen LogP contribution in [0, 0.1) is 0 Å². The van der Waals surface area contributed by atoms with Gasteiger partial charge >= 0.3 is 5.97 Å². The van der Waals surface area contributed by atoms with Crippen LogP contribution in [0.2, 0.25) is 0 Å². The Balaban J connectivity index is 0.000000739. The molecule has 0 aromatic heterocycles. The van der Waals surface area contributed by atoms with Crippen LogP contribution in [0.25, 0.3) is 0 Å². The van der Waals surface area contributed by atoms with E-state index in [-0.39, 0.29) is 17.5 Å². The highest BCUT2D eigenvalue weighted by Gasteiger charge is 2.45. The third-order valence-electron chi connectivity index (χ3n) is 5.19. The number of carbonyl (C=O) groups is 2. The topological polar surface area (TPSA) is 95.4 Å². The minimum atomic E-state index is -1.05. The third-order valence-corrected chi connectivity index (χ3v) is 5.19. The Labute approximate surface area is 203 Å². The fourth-order valence-corrected chi connectivity index (χ4v) is 4.07. The van der Waals surface area contributed by atoms with Crippen LogP contribution in [0.4, 0.5) is 0 Å². The fraction of sp³-hybridized carbons (Fsp3) is 0.310. The van der Waals surface area contributed by atoms with Crippen LogP contribution in [0.3, 0.4) is 0 Å². The van der Waals surface area contributed by atoms with Crippen LogP contribution < -0.4 is 16.2 Å². The van der Waals surface area contributed by atoms with Gasteiger partial charge in [-0.2, -0.15) is 0 Å². The minimum Gasteiger partial charge on any atom is -0.427 e. The Morgan fingerprint density at radius 1 is 0.882 bits per heavy atom. The zero-order valence-electron chi connectivity index (χ0n) is 20.7. The number of benzene rings is 3. The lowest BCUT2D eigenvalue weighted by Gasteiger charge is -2.40. The molecule has 0 bridgehead atoms. The third kappa shape index (κ3) is 7.11. The first-order valence-corrected chi connectivity index (χ1v) is 11.4. The highest BCUT2D eigenvalue weighted by molar-refractivity contribution is 5.78. The van der Waals surface area contributed by atoms with Gasteiger partial charge in [0.05, 0.1) is 5.41 Å². The Hall–Kier alpha value is -3.28. The number of ether oxygens (including phenoxy) is 1. The van der Waals surface area contributed by atoms with Crippen LogP contribution in [0.5, 0.6) is 5.75 Å². The standard InChI is InChI=1S/C25H25NO3.C4H11N/c1-18(26)24(20-10-5-3-6-11-20)25(17-27,21-12-7-4-8-13-21)22-14-9-15-23(16-22)29-19(2)28;1-4(2,3)5/h3-18,24H,26H2,1-2H3;5H2,1-3H3. The summed E-state index contributed by atoms with van der Waals surface area (Å²) in [5.74, 6) is -0.338. The number of rotatable bonds is 7. The summed E-state index contributed by atoms with van der Waals surface area (Å²) in [5.41, 5.74) is 13.3. The summed E-state index contributed by atoms with van der Waals surface area (Å²) in [5, 5.41) is 0. The monoisotopic (exact) mass is 460 g/mol. The molecule has 3 atom stereocenters. The van der Waals surface area contributed by atoms with Gasteiger partial charge in [-0.3, -0.25) is 4.79 Å². The molecule has 0 aliphatic heterocycles. The van der Waals surface area contributed by atoms with Gasteiger partial charge in [-0.05, 0) is 56.5 Å². The zero-order chi connectivity index (χ0) is 25.4. The Kier molecular flexibility index (Phi) is 9.30. The van der Waals surface area contributed by atoms with Crippen molar-refractivity contribution in [1.82, 2.24) is 0 Å². The average molecular weight is 461 g/mol. The molecule has 0 fully saturated rings. The molecule has 0 saturated carbocycles. The molecule has 3 aromatic carbocycles. The van der Waals surface area contributed by atoms with Crippen LogP contribution >= 0.6 is 0 Å². The Morgan fingerprint density at radius 2 is 1.38 bits per heavy atom.